The number of amides is 2. The monoisotopic (exact) mass is 467 g/mol. The van der Waals surface area contributed by atoms with Crippen molar-refractivity contribution in [2.75, 3.05) is 18.5 Å². The van der Waals surface area contributed by atoms with E-state index in [1.807, 2.05) is 85.5 Å². The van der Waals surface area contributed by atoms with E-state index in [-0.39, 0.29) is 12.1 Å². The highest BCUT2D eigenvalue weighted by Crippen LogP contribution is 2.37. The molecule has 2 heterocycles. The first-order chi connectivity index (χ1) is 17.2. The number of benzene rings is 3. The highest BCUT2D eigenvalue weighted by molar-refractivity contribution is 5.90. The van der Waals surface area contributed by atoms with Gasteiger partial charge in [0.1, 0.15) is 11.5 Å². The minimum atomic E-state index is -0.282. The Bertz CT molecular complexity index is 1300. The fourth-order valence-corrected chi connectivity index (χ4v) is 4.60. The van der Waals surface area contributed by atoms with Crippen LogP contribution in [0.15, 0.2) is 91.1 Å². The van der Waals surface area contributed by atoms with E-state index in [1.54, 1.807) is 0 Å². The number of urea groups is 1. The molecule has 0 radical (unpaired) electrons. The zero-order valence-electron chi connectivity index (χ0n) is 20.0. The molecule has 1 atom stereocenters. The topological polar surface area (TPSA) is 55.7 Å². The lowest BCUT2D eigenvalue weighted by Crippen LogP contribution is -2.37. The number of aromatic nitrogens is 1. The Morgan fingerprint density at radius 2 is 1.51 bits per heavy atom. The minimum absolute atomic E-state index is 0.169. The summed E-state index contributed by atoms with van der Waals surface area (Å²) >= 11 is 0. The third-order valence-corrected chi connectivity index (χ3v) is 6.15. The molecule has 0 aliphatic carbocycles. The van der Waals surface area contributed by atoms with Crippen LogP contribution < -0.4 is 14.8 Å². The van der Waals surface area contributed by atoms with E-state index >= 15 is 0 Å². The smallest absolute Gasteiger partial charge is 0.322 e. The van der Waals surface area contributed by atoms with Crippen molar-refractivity contribution in [2.45, 2.75) is 26.4 Å². The normalized spacial score (nSPS) is 14.5. The van der Waals surface area contributed by atoms with Crippen molar-refractivity contribution < 1.29 is 14.3 Å². The van der Waals surface area contributed by atoms with Gasteiger partial charge in [0.25, 0.3) is 0 Å². The molecule has 1 aliphatic rings. The van der Waals surface area contributed by atoms with E-state index in [9.17, 15) is 4.79 Å². The van der Waals surface area contributed by atoms with Crippen molar-refractivity contribution in [1.82, 2.24) is 9.47 Å². The Morgan fingerprint density at radius 1 is 0.857 bits per heavy atom. The van der Waals surface area contributed by atoms with Crippen LogP contribution in [0, 0.1) is 0 Å². The van der Waals surface area contributed by atoms with E-state index in [2.05, 4.69) is 34.3 Å². The fraction of sp³-hybridized carbons (Fsp3) is 0.207. The van der Waals surface area contributed by atoms with Crippen LogP contribution in [0.3, 0.4) is 0 Å². The van der Waals surface area contributed by atoms with E-state index in [4.69, 9.17) is 9.47 Å². The van der Waals surface area contributed by atoms with Crippen LogP contribution in [0.25, 0.3) is 5.69 Å². The van der Waals surface area contributed by atoms with Gasteiger partial charge in [-0.05, 0) is 79.6 Å². The van der Waals surface area contributed by atoms with Gasteiger partial charge in [0.15, 0.2) is 0 Å². The first-order valence-electron chi connectivity index (χ1n) is 12.0. The molecule has 6 heteroatoms. The van der Waals surface area contributed by atoms with Gasteiger partial charge in [0.2, 0.25) is 0 Å². The first-order valence-corrected chi connectivity index (χ1v) is 12.0. The Labute approximate surface area is 205 Å². The second-order valence-corrected chi connectivity index (χ2v) is 8.35. The molecule has 0 spiro atoms. The van der Waals surface area contributed by atoms with Gasteiger partial charge < -0.3 is 24.3 Å². The SMILES string of the molecule is CCOc1ccc(NC(=O)N2Cc3ccccc3-n3cccc3[C@@H]2c2ccc(OCC)cc2)cc1. The number of carbonyl (C=O) groups excluding carboxylic acids is 1. The number of fused-ring (bicyclic) bond motifs is 3. The summed E-state index contributed by atoms with van der Waals surface area (Å²) in [6.45, 7) is 5.60. The summed E-state index contributed by atoms with van der Waals surface area (Å²) in [7, 11) is 0. The maximum atomic E-state index is 13.8. The van der Waals surface area contributed by atoms with Gasteiger partial charge in [0, 0.05) is 17.6 Å². The van der Waals surface area contributed by atoms with Crippen molar-refractivity contribution in [3.05, 3.63) is 108 Å². The van der Waals surface area contributed by atoms with Crippen molar-refractivity contribution in [3.8, 4) is 17.2 Å². The number of nitrogens with zero attached hydrogens (tertiary/aromatic N) is 2. The fourth-order valence-electron chi connectivity index (χ4n) is 4.60. The molecule has 35 heavy (non-hydrogen) atoms. The summed E-state index contributed by atoms with van der Waals surface area (Å²) in [5.74, 6) is 1.59. The molecule has 178 valence electrons. The molecule has 1 aromatic heterocycles. The maximum absolute atomic E-state index is 13.8. The van der Waals surface area contributed by atoms with Gasteiger partial charge in [-0.3, -0.25) is 0 Å². The van der Waals surface area contributed by atoms with Gasteiger partial charge in [-0.25, -0.2) is 4.79 Å². The summed E-state index contributed by atoms with van der Waals surface area (Å²) in [5.41, 5.74) is 4.93. The number of nitrogens with one attached hydrogen (secondary N) is 1. The second-order valence-electron chi connectivity index (χ2n) is 8.35. The number of hydrogen-bond donors (Lipinski definition) is 1. The largest absolute Gasteiger partial charge is 0.494 e. The van der Waals surface area contributed by atoms with Crippen molar-refractivity contribution in [1.29, 1.82) is 0 Å². The van der Waals surface area contributed by atoms with Gasteiger partial charge in [-0.2, -0.15) is 0 Å². The molecule has 1 aliphatic heterocycles. The Hall–Kier alpha value is -4.19. The Morgan fingerprint density at radius 3 is 2.20 bits per heavy atom. The molecule has 0 fully saturated rings. The number of rotatable bonds is 6. The van der Waals surface area contributed by atoms with E-state index < -0.39 is 0 Å². The third kappa shape index (κ3) is 4.60. The lowest BCUT2D eigenvalue weighted by atomic mass is 10.0. The van der Waals surface area contributed by atoms with E-state index in [1.165, 1.54) is 0 Å². The number of ether oxygens (including phenoxy) is 2. The molecule has 6 nitrogen and oxygen atoms in total. The van der Waals surface area contributed by atoms with Gasteiger partial charge in [0.05, 0.1) is 31.5 Å². The van der Waals surface area contributed by atoms with Crippen LogP contribution in [0.5, 0.6) is 11.5 Å². The molecular formula is C29H29N3O3. The Kier molecular flexibility index (Phi) is 6.44. The molecule has 0 bridgehead atoms. The molecule has 0 unspecified atom stereocenters. The Balaban J connectivity index is 1.54. The lowest BCUT2D eigenvalue weighted by molar-refractivity contribution is 0.194. The third-order valence-electron chi connectivity index (χ3n) is 6.15. The molecule has 1 N–H and O–H groups in total. The zero-order chi connectivity index (χ0) is 24.2. The van der Waals surface area contributed by atoms with Crippen LogP contribution >= 0.6 is 0 Å². The minimum Gasteiger partial charge on any atom is -0.494 e. The van der Waals surface area contributed by atoms with Gasteiger partial charge >= 0.3 is 6.03 Å². The maximum Gasteiger partial charge on any atom is 0.322 e. The lowest BCUT2D eigenvalue weighted by Gasteiger charge is -2.31. The standard InChI is InChI=1S/C29H29N3O3/c1-3-34-24-15-11-21(12-16-24)28-27-10-7-19-31(27)26-9-6-5-8-22(26)20-32(28)29(33)30-23-13-17-25(18-14-23)35-4-2/h5-19,28H,3-4,20H2,1-2H3,(H,30,33)/t28-/m0/s1. The molecule has 0 saturated heterocycles. The average Bonchev–Trinajstić information content (AvgIpc) is 3.30. The van der Waals surface area contributed by atoms with Crippen LogP contribution in [-0.2, 0) is 6.54 Å². The van der Waals surface area contributed by atoms with Crippen molar-refractivity contribution in [3.63, 3.8) is 0 Å². The highest BCUT2D eigenvalue weighted by atomic mass is 16.5. The summed E-state index contributed by atoms with van der Waals surface area (Å²) in [5, 5.41) is 3.09. The molecule has 5 rings (SSSR count). The number of carbonyl (C=O) groups is 1. The second kappa shape index (κ2) is 9.97. The summed E-state index contributed by atoms with van der Waals surface area (Å²) in [4.78, 5) is 15.7. The van der Waals surface area contributed by atoms with Crippen LogP contribution in [0.2, 0.25) is 0 Å². The van der Waals surface area contributed by atoms with E-state index in [0.29, 0.717) is 19.8 Å². The predicted molar refractivity (Wildman–Crippen MR) is 137 cm³/mol. The number of anilines is 1. The van der Waals surface area contributed by atoms with Crippen LogP contribution in [-0.4, -0.2) is 28.7 Å². The first kappa shape index (κ1) is 22.6. The van der Waals surface area contributed by atoms with Crippen LogP contribution in [0.4, 0.5) is 10.5 Å². The molecular weight excluding hydrogens is 438 g/mol. The quantitative estimate of drug-likeness (QED) is 0.356. The molecule has 0 saturated carbocycles. The summed E-state index contributed by atoms with van der Waals surface area (Å²) in [6.07, 6.45) is 2.06. The molecule has 4 aromatic rings. The summed E-state index contributed by atoms with van der Waals surface area (Å²) in [6, 6.07) is 27.4. The molecule has 3 aromatic carbocycles. The van der Waals surface area contributed by atoms with Crippen molar-refractivity contribution in [2.24, 2.45) is 0 Å². The summed E-state index contributed by atoms with van der Waals surface area (Å²) < 4.78 is 13.4. The predicted octanol–water partition coefficient (Wildman–Crippen LogP) is 6.41. The van der Waals surface area contributed by atoms with Gasteiger partial charge in [-0.15, -0.1) is 0 Å². The van der Waals surface area contributed by atoms with Crippen LogP contribution in [0.1, 0.15) is 36.7 Å². The number of hydrogen-bond acceptors (Lipinski definition) is 3. The van der Waals surface area contributed by atoms with Crippen molar-refractivity contribution >= 4 is 11.7 Å². The highest BCUT2D eigenvalue weighted by Gasteiger charge is 2.33. The molecule has 2 amide bonds. The van der Waals surface area contributed by atoms with Gasteiger partial charge in [-0.1, -0.05) is 30.3 Å². The number of para-hydroxylation sites is 1. The average molecular weight is 468 g/mol. The zero-order valence-corrected chi connectivity index (χ0v) is 20.0. The van der Waals surface area contributed by atoms with E-state index in [0.717, 1.165) is 39.7 Å².